The van der Waals surface area contributed by atoms with Gasteiger partial charge in [-0.05, 0) is 104 Å². The standard InChI is InChI=1S/C18H20BNO.C9H9BrO.C9H7BrO.CH3B.CH4S/c1-19-20-14-8-13-17(20)18(21-19,15-9-4-2-5-10-15)16-11-6-3-7-12-16;2*10-7-2-3-8-6(5-7)1-4-9(8)11;2*1-2/h2-7,9-12,17H,8,13-14H2,1H3;2-3,5,9,11H,1,4H2;2-3,5H,1,4H2;1H3;2H,1H3/t17-;9-;;;/m10.../s1. The fourth-order valence-corrected chi connectivity index (χ4v) is 7.94. The molecule has 4 aromatic carbocycles. The summed E-state index contributed by atoms with van der Waals surface area (Å²) < 4.78 is 8.78. The molecule has 2 heterocycles. The van der Waals surface area contributed by atoms with Crippen LogP contribution in [0.15, 0.2) is 106 Å². The highest BCUT2D eigenvalue weighted by atomic mass is 79.9. The number of fused-ring (bicyclic) bond motifs is 3. The van der Waals surface area contributed by atoms with Crippen LogP contribution < -0.4 is 0 Å². The Morgan fingerprint density at radius 1 is 0.830 bits per heavy atom. The molecular weight excluding hydrogens is 732 g/mol. The van der Waals surface area contributed by atoms with Crippen LogP contribution in [0.4, 0.5) is 0 Å². The lowest BCUT2D eigenvalue weighted by Gasteiger charge is -2.36. The maximum Gasteiger partial charge on any atom is 0.380 e. The first-order valence-electron chi connectivity index (χ1n) is 16.2. The number of carbonyl (C=O) groups excluding carboxylic acids is 1. The first-order chi connectivity index (χ1) is 22.9. The van der Waals surface area contributed by atoms with Crippen molar-refractivity contribution in [1.29, 1.82) is 0 Å². The van der Waals surface area contributed by atoms with Crippen molar-refractivity contribution in [3.8, 4) is 0 Å². The normalized spacial score (nSPS) is 19.7. The smallest absolute Gasteiger partial charge is 0.380 e. The molecule has 4 aromatic rings. The van der Waals surface area contributed by atoms with Gasteiger partial charge in [-0.25, -0.2) is 0 Å². The summed E-state index contributed by atoms with van der Waals surface area (Å²) in [6, 6.07) is 33.8. The minimum absolute atomic E-state index is 0.179. The van der Waals surface area contributed by atoms with Crippen molar-refractivity contribution in [3.63, 3.8) is 0 Å². The third-order valence-electron chi connectivity index (χ3n) is 9.13. The first-order valence-corrected chi connectivity index (χ1v) is 18.7. The quantitative estimate of drug-likeness (QED) is 0.158. The number of aryl methyl sites for hydroxylation is 2. The van der Waals surface area contributed by atoms with E-state index in [4.69, 9.17) is 4.65 Å². The van der Waals surface area contributed by atoms with Crippen LogP contribution in [0.2, 0.25) is 13.6 Å². The molecule has 2 saturated heterocycles. The Morgan fingerprint density at radius 2 is 1.40 bits per heavy atom. The second kappa shape index (κ2) is 18.0. The van der Waals surface area contributed by atoms with E-state index in [9.17, 15) is 9.90 Å². The van der Waals surface area contributed by atoms with E-state index in [2.05, 4.69) is 131 Å². The van der Waals surface area contributed by atoms with Crippen molar-refractivity contribution in [2.24, 2.45) is 0 Å². The largest absolute Gasteiger partial charge is 0.406 e. The Labute approximate surface area is 304 Å². The van der Waals surface area contributed by atoms with E-state index in [1.807, 2.05) is 30.3 Å². The van der Waals surface area contributed by atoms with Crippen molar-refractivity contribution in [1.82, 2.24) is 4.81 Å². The summed E-state index contributed by atoms with van der Waals surface area (Å²) >= 11 is 10.3. The lowest BCUT2D eigenvalue weighted by Crippen LogP contribution is -2.41. The molecule has 47 heavy (non-hydrogen) atoms. The third kappa shape index (κ3) is 8.55. The number of aliphatic hydroxyl groups excluding tert-OH is 1. The Balaban J connectivity index is 0.000000163. The van der Waals surface area contributed by atoms with E-state index in [0.29, 0.717) is 12.5 Å². The van der Waals surface area contributed by atoms with Gasteiger partial charge in [0.15, 0.2) is 5.78 Å². The van der Waals surface area contributed by atoms with E-state index >= 15 is 0 Å². The fraction of sp³-hybridized carbons (Fsp3) is 0.342. The maximum absolute atomic E-state index is 11.2. The van der Waals surface area contributed by atoms with Gasteiger partial charge in [-0.3, -0.25) is 4.79 Å². The molecule has 2 aliphatic heterocycles. The van der Waals surface area contributed by atoms with Gasteiger partial charge in [0.05, 0.1) is 14.0 Å². The van der Waals surface area contributed by atoms with Crippen molar-refractivity contribution in [2.45, 2.75) is 69.9 Å². The molecule has 2 fully saturated rings. The first kappa shape index (κ1) is 37.7. The van der Waals surface area contributed by atoms with Crippen LogP contribution in [0.5, 0.6) is 0 Å². The Hall–Kier alpha value is -2.13. The van der Waals surface area contributed by atoms with Gasteiger partial charge in [0, 0.05) is 27.0 Å². The predicted octanol–water partition coefficient (Wildman–Crippen LogP) is 9.30. The number of rotatable bonds is 2. The minimum atomic E-state index is -0.321. The zero-order valence-corrected chi connectivity index (χ0v) is 31.5. The van der Waals surface area contributed by atoms with Gasteiger partial charge in [-0.2, -0.15) is 12.6 Å². The van der Waals surface area contributed by atoms with E-state index < -0.39 is 0 Å². The molecule has 1 N–H and O–H groups in total. The monoisotopic (exact) mass is 773 g/mol. The molecule has 4 aliphatic rings. The van der Waals surface area contributed by atoms with Crippen LogP contribution in [-0.2, 0) is 23.1 Å². The number of carbonyl (C=O) groups is 1. The van der Waals surface area contributed by atoms with Gasteiger partial charge in [0.25, 0.3) is 0 Å². The highest BCUT2D eigenvalue weighted by Crippen LogP contribution is 2.48. The number of hydrogen-bond acceptors (Lipinski definition) is 5. The molecule has 0 amide bonds. The van der Waals surface area contributed by atoms with E-state index in [1.54, 1.807) is 6.26 Å². The molecule has 0 spiro atoms. The Bertz CT molecular complexity index is 1560. The number of ketones is 1. The van der Waals surface area contributed by atoms with Crippen molar-refractivity contribution < 1.29 is 14.6 Å². The molecule has 0 unspecified atom stereocenters. The minimum Gasteiger partial charge on any atom is -0.406 e. The topological polar surface area (TPSA) is 49.8 Å². The highest BCUT2D eigenvalue weighted by molar-refractivity contribution is 9.10. The molecule has 244 valence electrons. The molecule has 0 bridgehead atoms. The van der Waals surface area contributed by atoms with Crippen LogP contribution in [0, 0.1) is 0 Å². The van der Waals surface area contributed by atoms with Crippen molar-refractivity contribution in [3.05, 3.63) is 139 Å². The highest BCUT2D eigenvalue weighted by Gasteiger charge is 2.56. The Morgan fingerprint density at radius 3 is 2.02 bits per heavy atom. The van der Waals surface area contributed by atoms with E-state index in [-0.39, 0.29) is 24.5 Å². The Kier molecular flexibility index (Phi) is 14.5. The molecule has 9 heteroatoms. The average molecular weight is 775 g/mol. The molecular formula is C38H43B2Br2NO3S. The molecule has 2 radical (unpaired) electrons. The van der Waals surface area contributed by atoms with Crippen LogP contribution in [0.1, 0.15) is 70.0 Å². The number of Topliss-reactive ketones (excluding diaryl/α,β-unsaturated/α-hetero) is 1. The molecule has 0 aromatic heterocycles. The second-order valence-corrected chi connectivity index (χ2v) is 13.5. The van der Waals surface area contributed by atoms with Gasteiger partial charge >= 0.3 is 7.05 Å². The van der Waals surface area contributed by atoms with Gasteiger partial charge in [0.2, 0.25) is 0 Å². The van der Waals surface area contributed by atoms with Crippen LogP contribution in [0.25, 0.3) is 0 Å². The van der Waals surface area contributed by atoms with Crippen LogP contribution >= 0.6 is 44.5 Å². The number of nitrogens with zero attached hydrogens (tertiary/aromatic N) is 1. The van der Waals surface area contributed by atoms with E-state index in [0.717, 1.165) is 45.9 Å². The summed E-state index contributed by atoms with van der Waals surface area (Å²) in [4.78, 5) is 13.7. The predicted molar refractivity (Wildman–Crippen MR) is 207 cm³/mol. The molecule has 8 rings (SSSR count). The lowest BCUT2D eigenvalue weighted by atomic mass is 9.79. The van der Waals surface area contributed by atoms with Gasteiger partial charge < -0.3 is 14.6 Å². The summed E-state index contributed by atoms with van der Waals surface area (Å²) in [5.41, 5.74) is 6.71. The summed E-state index contributed by atoms with van der Waals surface area (Å²) in [6.07, 6.45) is 7.42. The number of thiol groups is 1. The summed E-state index contributed by atoms with van der Waals surface area (Å²) in [5.74, 6) is 0.285. The number of halogens is 2. The number of hydrogen-bond donors (Lipinski definition) is 2. The SMILES string of the molecule is CB1OC(c2ccccc2)(c2ccccc2)[C@H]2CCCN12.CS.O=C1CCc2cc(Br)ccc21.O[C@H]1CCc2cc(Br)ccc21.[B]C. The van der Waals surface area contributed by atoms with Gasteiger partial charge in [0.1, 0.15) is 5.60 Å². The molecule has 0 saturated carbocycles. The van der Waals surface area contributed by atoms with Crippen LogP contribution in [0.3, 0.4) is 0 Å². The second-order valence-electron chi connectivity index (χ2n) is 11.7. The summed E-state index contributed by atoms with van der Waals surface area (Å²) in [7, 11) is 4.68. The van der Waals surface area contributed by atoms with Crippen molar-refractivity contribution in [2.75, 3.05) is 12.8 Å². The maximum atomic E-state index is 11.2. The zero-order valence-electron chi connectivity index (χ0n) is 27.4. The zero-order chi connectivity index (χ0) is 34.0. The summed E-state index contributed by atoms with van der Waals surface area (Å²) in [5, 5.41) is 9.46. The van der Waals surface area contributed by atoms with Gasteiger partial charge in [-0.1, -0.05) is 111 Å². The molecule has 4 nitrogen and oxygen atoms in total. The number of benzene rings is 4. The van der Waals surface area contributed by atoms with Gasteiger partial charge in [-0.15, -0.1) is 0 Å². The van der Waals surface area contributed by atoms with Crippen LogP contribution in [-0.4, -0.2) is 49.4 Å². The lowest BCUT2D eigenvalue weighted by molar-refractivity contribution is 0.0994. The third-order valence-corrected chi connectivity index (χ3v) is 10.1. The molecule has 2 atom stereocenters. The van der Waals surface area contributed by atoms with Crippen molar-refractivity contribution >= 4 is 65.2 Å². The average Bonchev–Trinajstić information content (AvgIpc) is 3.90. The van der Waals surface area contributed by atoms with E-state index in [1.165, 1.54) is 41.9 Å². The molecule has 2 aliphatic carbocycles. The summed E-state index contributed by atoms with van der Waals surface area (Å²) in [6.45, 7) is 4.83. The number of aliphatic hydroxyl groups is 1. The fourth-order valence-electron chi connectivity index (χ4n) is 7.12.